The first-order valence-corrected chi connectivity index (χ1v) is 11.9. The minimum Gasteiger partial charge on any atom is -0.481 e. The van der Waals surface area contributed by atoms with E-state index >= 15 is 0 Å². The number of ether oxygens (including phenoxy) is 1. The molecule has 184 valence electrons. The molecule has 0 bridgehead atoms. The standard InChI is InChI=1S/C30H28O6/c31-26(18-21-8-3-1-4-9-21)16-14-25-15-17-27(32)30(25,20-28(33)34)36-29(35)24-13-7-12-23(19-24)22-10-5-2-6-11-22/h1-14,16,19,25,27,32H,15,17-18,20H2,(H,33,34). The maximum absolute atomic E-state index is 13.2. The summed E-state index contributed by atoms with van der Waals surface area (Å²) in [6, 6.07) is 25.7. The van der Waals surface area contributed by atoms with Gasteiger partial charge in [-0.3, -0.25) is 9.59 Å². The monoisotopic (exact) mass is 484 g/mol. The molecule has 6 heteroatoms. The van der Waals surface area contributed by atoms with E-state index in [2.05, 4.69) is 0 Å². The van der Waals surface area contributed by atoms with Gasteiger partial charge in [-0.2, -0.15) is 0 Å². The Morgan fingerprint density at radius 3 is 2.25 bits per heavy atom. The fourth-order valence-corrected chi connectivity index (χ4v) is 4.76. The summed E-state index contributed by atoms with van der Waals surface area (Å²) in [5.74, 6) is -2.70. The van der Waals surface area contributed by atoms with Crippen molar-refractivity contribution < 1.29 is 29.3 Å². The van der Waals surface area contributed by atoms with E-state index in [0.29, 0.717) is 6.42 Å². The van der Waals surface area contributed by atoms with Crippen LogP contribution in [0.5, 0.6) is 0 Å². The zero-order valence-electron chi connectivity index (χ0n) is 19.7. The topological polar surface area (TPSA) is 101 Å². The summed E-state index contributed by atoms with van der Waals surface area (Å²) in [5, 5.41) is 20.5. The van der Waals surface area contributed by atoms with Crippen molar-refractivity contribution in [3.8, 4) is 11.1 Å². The molecule has 0 aliphatic heterocycles. The Morgan fingerprint density at radius 2 is 1.56 bits per heavy atom. The summed E-state index contributed by atoms with van der Waals surface area (Å²) in [5.41, 5.74) is 1.18. The van der Waals surface area contributed by atoms with Crippen molar-refractivity contribution in [2.24, 2.45) is 5.92 Å². The van der Waals surface area contributed by atoms with Crippen LogP contribution in [0.3, 0.4) is 0 Å². The predicted molar refractivity (Wildman–Crippen MR) is 135 cm³/mol. The number of carboxylic acid groups (broad SMARTS) is 1. The summed E-state index contributed by atoms with van der Waals surface area (Å²) in [6.07, 6.45) is 2.08. The number of aliphatic carboxylic acids is 1. The first-order valence-electron chi connectivity index (χ1n) is 11.9. The van der Waals surface area contributed by atoms with Crippen molar-refractivity contribution in [1.82, 2.24) is 0 Å². The van der Waals surface area contributed by atoms with Crippen molar-refractivity contribution >= 4 is 17.7 Å². The highest BCUT2D eigenvalue weighted by Crippen LogP contribution is 2.43. The summed E-state index contributed by atoms with van der Waals surface area (Å²) in [7, 11) is 0. The van der Waals surface area contributed by atoms with Crippen LogP contribution >= 0.6 is 0 Å². The van der Waals surface area contributed by atoms with Gasteiger partial charge in [-0.15, -0.1) is 0 Å². The molecular weight excluding hydrogens is 456 g/mol. The van der Waals surface area contributed by atoms with Gasteiger partial charge in [0, 0.05) is 12.3 Å². The highest BCUT2D eigenvalue weighted by atomic mass is 16.6. The second kappa shape index (κ2) is 11.1. The Balaban J connectivity index is 1.57. The molecule has 3 atom stereocenters. The van der Waals surface area contributed by atoms with Gasteiger partial charge in [0.1, 0.15) is 0 Å². The zero-order valence-corrected chi connectivity index (χ0v) is 19.7. The van der Waals surface area contributed by atoms with Crippen LogP contribution in [0.1, 0.15) is 35.2 Å². The molecule has 0 radical (unpaired) electrons. The van der Waals surface area contributed by atoms with Gasteiger partial charge in [0.2, 0.25) is 0 Å². The quantitative estimate of drug-likeness (QED) is 0.332. The van der Waals surface area contributed by atoms with Gasteiger partial charge in [-0.1, -0.05) is 78.9 Å². The Kier molecular flexibility index (Phi) is 7.76. The van der Waals surface area contributed by atoms with Crippen molar-refractivity contribution in [3.05, 3.63) is 108 Å². The van der Waals surface area contributed by atoms with Gasteiger partial charge >= 0.3 is 11.9 Å². The normalized spacial score (nSPS) is 21.4. The minimum absolute atomic E-state index is 0.159. The smallest absolute Gasteiger partial charge is 0.338 e. The van der Waals surface area contributed by atoms with Crippen molar-refractivity contribution in [3.63, 3.8) is 0 Å². The number of aliphatic hydroxyl groups is 1. The number of carbonyl (C=O) groups is 3. The fourth-order valence-electron chi connectivity index (χ4n) is 4.76. The van der Waals surface area contributed by atoms with Crippen molar-refractivity contribution in [2.75, 3.05) is 0 Å². The molecule has 0 spiro atoms. The third-order valence-electron chi connectivity index (χ3n) is 6.59. The average molecular weight is 485 g/mol. The molecule has 0 saturated heterocycles. The summed E-state index contributed by atoms with van der Waals surface area (Å²) in [4.78, 5) is 37.5. The Morgan fingerprint density at radius 1 is 0.889 bits per heavy atom. The largest absolute Gasteiger partial charge is 0.481 e. The van der Waals surface area contributed by atoms with Gasteiger partial charge in [-0.05, 0) is 47.7 Å². The molecule has 6 nitrogen and oxygen atoms in total. The summed E-state index contributed by atoms with van der Waals surface area (Å²) < 4.78 is 5.83. The van der Waals surface area contributed by atoms with E-state index in [1.165, 1.54) is 6.08 Å². The highest BCUT2D eigenvalue weighted by molar-refractivity contribution is 5.92. The maximum atomic E-state index is 13.2. The van der Waals surface area contributed by atoms with Gasteiger partial charge in [0.05, 0.1) is 18.1 Å². The van der Waals surface area contributed by atoms with Gasteiger partial charge in [-0.25, -0.2) is 4.79 Å². The summed E-state index contributed by atoms with van der Waals surface area (Å²) >= 11 is 0. The fraction of sp³-hybridized carbons (Fsp3) is 0.233. The minimum atomic E-state index is -1.67. The number of aliphatic hydroxyl groups excluding tert-OH is 1. The van der Waals surface area contributed by atoms with E-state index in [9.17, 15) is 24.6 Å². The first kappa shape index (κ1) is 25.1. The van der Waals surface area contributed by atoms with Gasteiger partial charge < -0.3 is 14.9 Å². The molecule has 0 heterocycles. The molecule has 2 N–H and O–H groups in total. The third kappa shape index (κ3) is 5.78. The highest BCUT2D eigenvalue weighted by Gasteiger charge is 2.53. The number of hydrogen-bond donors (Lipinski definition) is 2. The number of benzene rings is 3. The third-order valence-corrected chi connectivity index (χ3v) is 6.59. The maximum Gasteiger partial charge on any atom is 0.338 e. The number of hydrogen-bond acceptors (Lipinski definition) is 5. The lowest BCUT2D eigenvalue weighted by molar-refractivity contribution is -0.150. The van der Waals surface area contributed by atoms with Crippen LogP contribution in [0.25, 0.3) is 11.1 Å². The van der Waals surface area contributed by atoms with E-state index in [-0.39, 0.29) is 24.2 Å². The lowest BCUT2D eigenvalue weighted by Crippen LogP contribution is -2.48. The van der Waals surface area contributed by atoms with E-state index < -0.39 is 36.0 Å². The van der Waals surface area contributed by atoms with E-state index in [4.69, 9.17) is 4.74 Å². The lowest BCUT2D eigenvalue weighted by atomic mass is 9.85. The molecule has 3 aromatic carbocycles. The zero-order chi connectivity index (χ0) is 25.5. The number of esters is 1. The average Bonchev–Trinajstić information content (AvgIpc) is 3.17. The predicted octanol–water partition coefficient (Wildman–Crippen LogP) is 4.86. The SMILES string of the molecule is O=C(O)CC1(OC(=O)c2cccc(-c3ccccc3)c2)C(O)CCC1C=CC(=O)Cc1ccccc1. The van der Waals surface area contributed by atoms with Crippen LogP contribution in [-0.2, 0) is 20.7 Å². The Hall–Kier alpha value is -4.03. The number of rotatable bonds is 9. The van der Waals surface area contributed by atoms with E-state index in [0.717, 1.165) is 16.7 Å². The Bertz CT molecular complexity index is 1250. The molecule has 36 heavy (non-hydrogen) atoms. The summed E-state index contributed by atoms with van der Waals surface area (Å²) in [6.45, 7) is 0. The van der Waals surface area contributed by atoms with Gasteiger partial charge in [0.25, 0.3) is 0 Å². The van der Waals surface area contributed by atoms with Crippen LogP contribution in [-0.4, -0.2) is 39.6 Å². The van der Waals surface area contributed by atoms with Crippen LogP contribution in [0.2, 0.25) is 0 Å². The van der Waals surface area contributed by atoms with Crippen LogP contribution in [0, 0.1) is 5.92 Å². The van der Waals surface area contributed by atoms with Crippen LogP contribution < -0.4 is 0 Å². The second-order valence-electron chi connectivity index (χ2n) is 9.05. The number of carboxylic acids is 1. The number of ketones is 1. The Labute approximate surface area is 209 Å². The van der Waals surface area contributed by atoms with Crippen LogP contribution in [0.15, 0.2) is 97.1 Å². The van der Waals surface area contributed by atoms with Crippen molar-refractivity contribution in [2.45, 2.75) is 37.4 Å². The molecule has 1 aliphatic carbocycles. The van der Waals surface area contributed by atoms with Crippen molar-refractivity contribution in [1.29, 1.82) is 0 Å². The molecule has 1 saturated carbocycles. The molecule has 4 rings (SSSR count). The molecule has 3 unspecified atom stereocenters. The van der Waals surface area contributed by atoms with E-state index in [1.807, 2.05) is 66.7 Å². The van der Waals surface area contributed by atoms with Crippen LogP contribution in [0.4, 0.5) is 0 Å². The molecule has 3 aromatic rings. The van der Waals surface area contributed by atoms with E-state index in [1.54, 1.807) is 24.3 Å². The second-order valence-corrected chi connectivity index (χ2v) is 9.05. The molecule has 1 aliphatic rings. The number of carbonyl (C=O) groups excluding carboxylic acids is 2. The molecule has 0 aromatic heterocycles. The molecule has 1 fully saturated rings. The van der Waals surface area contributed by atoms with Gasteiger partial charge in [0.15, 0.2) is 11.4 Å². The lowest BCUT2D eigenvalue weighted by Gasteiger charge is -2.35. The molecule has 0 amide bonds. The molecular formula is C30H28O6. The first-order chi connectivity index (χ1) is 17.4. The number of allylic oxidation sites excluding steroid dienone is 1.